The van der Waals surface area contributed by atoms with Crippen LogP contribution in [0.1, 0.15) is 41.2 Å². The second-order valence-corrected chi connectivity index (χ2v) is 7.55. The third kappa shape index (κ3) is 4.05. The fourth-order valence-corrected chi connectivity index (χ4v) is 3.35. The number of pyridine rings is 3. The van der Waals surface area contributed by atoms with Crippen molar-refractivity contribution in [1.29, 1.82) is 0 Å². The van der Waals surface area contributed by atoms with Gasteiger partial charge in [0.2, 0.25) is 0 Å². The monoisotopic (exact) mass is 400 g/mol. The SMILES string of the molecule is Cc1cccnc1CN(C(=O)c1cnc2c(c1)ncn2Cc1ccccn1)C(C)C. The molecule has 7 nitrogen and oxygen atoms in total. The molecule has 4 aromatic rings. The van der Waals surface area contributed by atoms with Crippen LogP contribution in [0, 0.1) is 6.92 Å². The van der Waals surface area contributed by atoms with E-state index in [4.69, 9.17) is 0 Å². The van der Waals surface area contributed by atoms with Crippen LogP contribution in [0.4, 0.5) is 0 Å². The highest BCUT2D eigenvalue weighted by Crippen LogP contribution is 2.18. The quantitative estimate of drug-likeness (QED) is 0.494. The largest absolute Gasteiger partial charge is 0.330 e. The van der Waals surface area contributed by atoms with E-state index in [-0.39, 0.29) is 11.9 Å². The number of carbonyl (C=O) groups is 1. The summed E-state index contributed by atoms with van der Waals surface area (Å²) in [7, 11) is 0. The van der Waals surface area contributed by atoms with E-state index in [2.05, 4.69) is 19.9 Å². The second kappa shape index (κ2) is 8.41. The van der Waals surface area contributed by atoms with Crippen LogP contribution in [-0.4, -0.2) is 41.4 Å². The zero-order valence-electron chi connectivity index (χ0n) is 17.4. The Labute approximate surface area is 175 Å². The molecule has 0 bridgehead atoms. The number of hydrogen-bond acceptors (Lipinski definition) is 5. The molecule has 0 N–H and O–H groups in total. The van der Waals surface area contributed by atoms with Crippen molar-refractivity contribution in [3.05, 3.63) is 83.8 Å². The summed E-state index contributed by atoms with van der Waals surface area (Å²) in [5, 5.41) is 0. The van der Waals surface area contributed by atoms with E-state index >= 15 is 0 Å². The van der Waals surface area contributed by atoms with Crippen molar-refractivity contribution in [2.75, 3.05) is 0 Å². The number of imidazole rings is 1. The first kappa shape index (κ1) is 19.7. The van der Waals surface area contributed by atoms with Gasteiger partial charge in [-0.25, -0.2) is 9.97 Å². The number of aromatic nitrogens is 5. The number of fused-ring (bicyclic) bond motifs is 1. The Bertz CT molecular complexity index is 1170. The molecule has 0 aliphatic heterocycles. The number of amides is 1. The molecule has 0 aliphatic rings. The highest BCUT2D eigenvalue weighted by atomic mass is 16.2. The van der Waals surface area contributed by atoms with Gasteiger partial charge in [-0.3, -0.25) is 14.8 Å². The maximum absolute atomic E-state index is 13.3. The smallest absolute Gasteiger partial charge is 0.256 e. The molecule has 0 saturated carbocycles. The minimum Gasteiger partial charge on any atom is -0.330 e. The van der Waals surface area contributed by atoms with Crippen LogP contribution < -0.4 is 0 Å². The third-order valence-corrected chi connectivity index (χ3v) is 5.08. The van der Waals surface area contributed by atoms with Gasteiger partial charge in [-0.05, 0) is 50.6 Å². The Hall–Kier alpha value is -3.61. The summed E-state index contributed by atoms with van der Waals surface area (Å²) < 4.78 is 1.93. The van der Waals surface area contributed by atoms with E-state index in [0.717, 1.165) is 22.6 Å². The molecule has 152 valence electrons. The molecule has 4 aromatic heterocycles. The summed E-state index contributed by atoms with van der Waals surface area (Å²) in [4.78, 5) is 32.8. The first-order valence-corrected chi connectivity index (χ1v) is 9.95. The summed E-state index contributed by atoms with van der Waals surface area (Å²) in [5.74, 6) is -0.0799. The van der Waals surface area contributed by atoms with E-state index in [0.29, 0.717) is 24.2 Å². The van der Waals surface area contributed by atoms with Crippen molar-refractivity contribution in [3.8, 4) is 0 Å². The van der Waals surface area contributed by atoms with Crippen LogP contribution >= 0.6 is 0 Å². The second-order valence-electron chi connectivity index (χ2n) is 7.55. The minimum absolute atomic E-state index is 0.0244. The maximum Gasteiger partial charge on any atom is 0.256 e. The Balaban J connectivity index is 1.60. The Kier molecular flexibility index (Phi) is 5.52. The molecule has 0 aliphatic carbocycles. The molecule has 30 heavy (non-hydrogen) atoms. The molecular formula is C23H24N6O. The lowest BCUT2D eigenvalue weighted by Crippen LogP contribution is -2.37. The van der Waals surface area contributed by atoms with Gasteiger partial charge in [0.25, 0.3) is 5.91 Å². The molecule has 0 saturated heterocycles. The standard InChI is InChI=1S/C23H24N6O/c1-16(2)29(14-21-17(3)7-6-10-25-21)23(30)18-11-20-22(26-12-18)28(15-27-20)13-19-8-4-5-9-24-19/h4-12,15-16H,13-14H2,1-3H3. The molecule has 4 heterocycles. The number of carbonyl (C=O) groups excluding carboxylic acids is 1. The highest BCUT2D eigenvalue weighted by Gasteiger charge is 2.21. The van der Waals surface area contributed by atoms with Crippen LogP contribution in [0.15, 0.2) is 61.3 Å². The van der Waals surface area contributed by atoms with E-state index in [9.17, 15) is 4.79 Å². The van der Waals surface area contributed by atoms with Crippen LogP contribution in [-0.2, 0) is 13.1 Å². The first-order chi connectivity index (χ1) is 14.5. The van der Waals surface area contributed by atoms with Gasteiger partial charge in [-0.2, -0.15) is 0 Å². The van der Waals surface area contributed by atoms with Gasteiger partial charge in [-0.15, -0.1) is 0 Å². The molecule has 0 unspecified atom stereocenters. The number of aryl methyl sites for hydroxylation is 1. The summed E-state index contributed by atoms with van der Waals surface area (Å²) in [6, 6.07) is 11.5. The number of hydrogen-bond donors (Lipinski definition) is 0. The Morgan fingerprint density at radius 3 is 2.63 bits per heavy atom. The lowest BCUT2D eigenvalue weighted by atomic mass is 10.1. The predicted octanol–water partition coefficient (Wildman–Crippen LogP) is 3.63. The van der Waals surface area contributed by atoms with Crippen molar-refractivity contribution >= 4 is 17.1 Å². The minimum atomic E-state index is -0.0799. The normalized spacial score (nSPS) is 11.2. The Morgan fingerprint density at radius 1 is 1.07 bits per heavy atom. The van der Waals surface area contributed by atoms with Crippen LogP contribution in [0.2, 0.25) is 0 Å². The molecule has 4 rings (SSSR count). The van der Waals surface area contributed by atoms with Crippen molar-refractivity contribution in [1.82, 2.24) is 29.4 Å². The molecule has 1 amide bonds. The van der Waals surface area contributed by atoms with Crippen molar-refractivity contribution in [3.63, 3.8) is 0 Å². The predicted molar refractivity (Wildman–Crippen MR) is 115 cm³/mol. The number of nitrogens with zero attached hydrogens (tertiary/aromatic N) is 6. The van der Waals surface area contributed by atoms with Gasteiger partial charge in [-0.1, -0.05) is 12.1 Å². The highest BCUT2D eigenvalue weighted by molar-refractivity contribution is 5.96. The summed E-state index contributed by atoms with van der Waals surface area (Å²) in [6.45, 7) is 7.05. The fourth-order valence-electron chi connectivity index (χ4n) is 3.35. The van der Waals surface area contributed by atoms with Crippen LogP contribution in [0.3, 0.4) is 0 Å². The summed E-state index contributed by atoms with van der Waals surface area (Å²) >= 11 is 0. The molecule has 0 radical (unpaired) electrons. The maximum atomic E-state index is 13.3. The van der Waals surface area contributed by atoms with E-state index in [1.807, 2.05) is 60.6 Å². The molecule has 7 heteroatoms. The lowest BCUT2D eigenvalue weighted by molar-refractivity contribution is 0.0687. The summed E-state index contributed by atoms with van der Waals surface area (Å²) in [5.41, 5.74) is 4.83. The average molecular weight is 400 g/mol. The molecule has 0 aromatic carbocycles. The lowest BCUT2D eigenvalue weighted by Gasteiger charge is -2.27. The van der Waals surface area contributed by atoms with Crippen molar-refractivity contribution in [2.45, 2.75) is 39.9 Å². The first-order valence-electron chi connectivity index (χ1n) is 9.95. The molecule has 0 spiro atoms. The van der Waals surface area contributed by atoms with Crippen LogP contribution in [0.25, 0.3) is 11.2 Å². The van der Waals surface area contributed by atoms with E-state index < -0.39 is 0 Å². The number of rotatable bonds is 6. The Morgan fingerprint density at radius 2 is 1.90 bits per heavy atom. The molecular weight excluding hydrogens is 376 g/mol. The topological polar surface area (TPSA) is 76.8 Å². The summed E-state index contributed by atoms with van der Waals surface area (Å²) in [6.07, 6.45) is 6.88. The van der Waals surface area contributed by atoms with Crippen molar-refractivity contribution < 1.29 is 4.79 Å². The third-order valence-electron chi connectivity index (χ3n) is 5.08. The van der Waals surface area contributed by atoms with E-state index in [1.165, 1.54) is 0 Å². The van der Waals surface area contributed by atoms with Crippen molar-refractivity contribution in [2.24, 2.45) is 0 Å². The average Bonchev–Trinajstić information content (AvgIpc) is 3.15. The van der Waals surface area contributed by atoms with Gasteiger partial charge in [0.1, 0.15) is 5.52 Å². The zero-order chi connectivity index (χ0) is 21.1. The molecule has 0 fully saturated rings. The van der Waals surface area contributed by atoms with Gasteiger partial charge in [0.05, 0.1) is 36.4 Å². The van der Waals surface area contributed by atoms with Crippen LogP contribution in [0.5, 0.6) is 0 Å². The zero-order valence-corrected chi connectivity index (χ0v) is 17.4. The van der Waals surface area contributed by atoms with Gasteiger partial charge in [0.15, 0.2) is 5.65 Å². The van der Waals surface area contributed by atoms with Gasteiger partial charge >= 0.3 is 0 Å². The van der Waals surface area contributed by atoms with Gasteiger partial charge in [0, 0.05) is 24.6 Å². The van der Waals surface area contributed by atoms with Gasteiger partial charge < -0.3 is 9.47 Å². The molecule has 0 atom stereocenters. The fraction of sp³-hybridized carbons (Fsp3) is 0.261. The van der Waals surface area contributed by atoms with E-state index in [1.54, 1.807) is 31.0 Å².